The topological polar surface area (TPSA) is 47.3 Å². The minimum absolute atomic E-state index is 0.251. The Morgan fingerprint density at radius 3 is 2.77 bits per heavy atom. The van der Waals surface area contributed by atoms with E-state index >= 15 is 0 Å². The summed E-state index contributed by atoms with van der Waals surface area (Å²) in [6.07, 6.45) is 1.77. The number of thiocarbonyl (C=S) groups is 1. The minimum Gasteiger partial charge on any atom is -0.489 e. The summed E-state index contributed by atoms with van der Waals surface area (Å²) in [5, 5.41) is 6.18. The van der Waals surface area contributed by atoms with Crippen molar-refractivity contribution in [3.63, 3.8) is 0 Å². The lowest BCUT2D eigenvalue weighted by atomic mass is 10.2. The largest absolute Gasteiger partial charge is 0.489 e. The van der Waals surface area contributed by atoms with Crippen molar-refractivity contribution in [1.29, 1.82) is 0 Å². The van der Waals surface area contributed by atoms with Crippen molar-refractivity contribution < 1.29 is 14.2 Å². The molecule has 0 bridgehead atoms. The first-order chi connectivity index (χ1) is 10.7. The van der Waals surface area contributed by atoms with Crippen LogP contribution in [0.4, 0.5) is 4.39 Å². The molecule has 0 radical (unpaired) electrons. The number of rotatable bonds is 5. The Morgan fingerprint density at radius 1 is 1.27 bits per heavy atom. The van der Waals surface area contributed by atoms with Crippen LogP contribution >= 0.6 is 12.2 Å². The van der Waals surface area contributed by atoms with Gasteiger partial charge in [0.2, 0.25) is 5.11 Å². The van der Waals surface area contributed by atoms with Gasteiger partial charge in [0.05, 0.1) is 0 Å². The third kappa shape index (κ3) is 5.14. The molecule has 0 aliphatic rings. The third-order valence-electron chi connectivity index (χ3n) is 2.83. The van der Waals surface area contributed by atoms with Gasteiger partial charge in [-0.25, -0.2) is 4.39 Å². The molecule has 114 valence electrons. The van der Waals surface area contributed by atoms with Crippen LogP contribution in [0.2, 0.25) is 0 Å². The van der Waals surface area contributed by atoms with Crippen molar-refractivity contribution in [2.45, 2.75) is 6.61 Å². The molecule has 0 amide bonds. The number of hydrogen-bond donors (Lipinski definition) is 3. The standard InChI is InChI=1S/C16H16FN3OS/c1-18-16(22)20-19-10-13-3-2-4-15(9-13)21-11-12-5-7-14(17)8-6-12/h2-10H,11H2,1H3,(H2,18,20,22)/p+1. The van der Waals surface area contributed by atoms with Crippen LogP contribution in [0.5, 0.6) is 5.75 Å². The molecule has 0 spiro atoms. The summed E-state index contributed by atoms with van der Waals surface area (Å²) in [5.74, 6) is 0.481. The molecule has 0 aliphatic heterocycles. The summed E-state index contributed by atoms with van der Waals surface area (Å²) in [4.78, 5) is 0. The summed E-state index contributed by atoms with van der Waals surface area (Å²) in [7, 11) is 1.74. The van der Waals surface area contributed by atoms with Gasteiger partial charge in [-0.05, 0) is 48.1 Å². The molecule has 2 aromatic carbocycles. The summed E-state index contributed by atoms with van der Waals surface area (Å²) in [6.45, 7) is 0.388. The van der Waals surface area contributed by atoms with E-state index < -0.39 is 0 Å². The van der Waals surface area contributed by atoms with Gasteiger partial charge in [0, 0.05) is 12.6 Å². The monoisotopic (exact) mass is 318 g/mol. The molecule has 6 heteroatoms. The highest BCUT2D eigenvalue weighted by atomic mass is 32.1. The molecule has 0 aromatic heterocycles. The Balaban J connectivity index is 1.93. The van der Waals surface area contributed by atoms with Crippen LogP contribution in [0, 0.1) is 5.82 Å². The molecule has 0 saturated heterocycles. The van der Waals surface area contributed by atoms with E-state index in [2.05, 4.69) is 15.8 Å². The molecule has 22 heavy (non-hydrogen) atoms. The Kier molecular flexibility index (Phi) is 5.85. The highest BCUT2D eigenvalue weighted by Gasteiger charge is 1.99. The Hall–Kier alpha value is -2.47. The van der Waals surface area contributed by atoms with Crippen molar-refractivity contribution in [3.05, 3.63) is 65.5 Å². The van der Waals surface area contributed by atoms with Crippen LogP contribution in [0.1, 0.15) is 11.1 Å². The average Bonchev–Trinajstić information content (AvgIpc) is 2.54. The van der Waals surface area contributed by atoms with Crippen LogP contribution in [0.25, 0.3) is 0 Å². The summed E-state index contributed by atoms with van der Waals surface area (Å²) in [6, 6.07) is 13.8. The molecule has 0 heterocycles. The lowest BCUT2D eigenvalue weighted by Gasteiger charge is -2.06. The Bertz CT molecular complexity index is 659. The summed E-state index contributed by atoms with van der Waals surface area (Å²) in [5.41, 5.74) is 4.65. The lowest BCUT2D eigenvalue weighted by molar-refractivity contribution is -0.500. The van der Waals surface area contributed by atoms with Crippen molar-refractivity contribution >= 4 is 23.5 Å². The molecule has 2 aromatic rings. The van der Waals surface area contributed by atoms with Gasteiger partial charge in [-0.15, -0.1) is 10.5 Å². The zero-order valence-electron chi connectivity index (χ0n) is 12.1. The van der Waals surface area contributed by atoms with Gasteiger partial charge in [-0.1, -0.05) is 18.2 Å². The second-order valence-electron chi connectivity index (χ2n) is 4.48. The molecule has 3 N–H and O–H groups in total. The fourth-order valence-corrected chi connectivity index (χ4v) is 1.75. The molecule has 4 nitrogen and oxygen atoms in total. The molecule has 0 aliphatic carbocycles. The van der Waals surface area contributed by atoms with Crippen molar-refractivity contribution in [1.82, 2.24) is 10.7 Å². The lowest BCUT2D eigenvalue weighted by Crippen LogP contribution is -2.82. The fourth-order valence-electron chi connectivity index (χ4n) is 1.69. The van der Waals surface area contributed by atoms with E-state index in [1.807, 2.05) is 24.3 Å². The Morgan fingerprint density at radius 2 is 2.05 bits per heavy atom. The van der Waals surface area contributed by atoms with E-state index in [0.29, 0.717) is 11.7 Å². The van der Waals surface area contributed by atoms with E-state index in [0.717, 1.165) is 16.9 Å². The van der Waals surface area contributed by atoms with Crippen LogP contribution in [-0.2, 0) is 6.61 Å². The molecular formula is C16H17FN3OS+. The highest BCUT2D eigenvalue weighted by molar-refractivity contribution is 7.80. The molecule has 0 saturated carbocycles. The van der Waals surface area contributed by atoms with Gasteiger partial charge in [0.25, 0.3) is 0 Å². The van der Waals surface area contributed by atoms with Crippen LogP contribution in [0.3, 0.4) is 0 Å². The van der Waals surface area contributed by atoms with Crippen molar-refractivity contribution in [3.8, 4) is 5.75 Å². The molecule has 0 fully saturated rings. The van der Waals surface area contributed by atoms with Crippen molar-refractivity contribution in [2.24, 2.45) is 0 Å². The fraction of sp³-hybridized carbons (Fsp3) is 0.125. The first kappa shape index (κ1) is 15.9. The molecule has 0 atom stereocenters. The normalized spacial score (nSPS) is 10.5. The SMILES string of the molecule is CNC(=S)N[NH+]=Cc1cccc(OCc2ccc(F)cc2)c1. The van der Waals surface area contributed by atoms with Crippen LogP contribution < -0.4 is 20.6 Å². The predicted octanol–water partition coefficient (Wildman–Crippen LogP) is 0.913. The van der Waals surface area contributed by atoms with Gasteiger partial charge in [0.15, 0.2) is 6.21 Å². The molecule has 2 rings (SSSR count). The second-order valence-corrected chi connectivity index (χ2v) is 4.89. The molecule has 0 unspecified atom stereocenters. The summed E-state index contributed by atoms with van der Waals surface area (Å²) >= 11 is 4.95. The number of halogens is 1. The van der Waals surface area contributed by atoms with Crippen molar-refractivity contribution in [2.75, 3.05) is 7.05 Å². The zero-order chi connectivity index (χ0) is 15.8. The maximum absolute atomic E-state index is 12.8. The quantitative estimate of drug-likeness (QED) is 0.436. The van der Waals surface area contributed by atoms with E-state index in [9.17, 15) is 4.39 Å². The maximum Gasteiger partial charge on any atom is 0.223 e. The maximum atomic E-state index is 12.8. The van der Waals surface area contributed by atoms with Crippen LogP contribution in [0.15, 0.2) is 48.5 Å². The van der Waals surface area contributed by atoms with E-state index in [1.165, 1.54) is 12.1 Å². The third-order valence-corrected chi connectivity index (χ3v) is 3.13. The van der Waals surface area contributed by atoms with Gasteiger partial charge < -0.3 is 10.1 Å². The second kappa shape index (κ2) is 8.09. The summed E-state index contributed by atoms with van der Waals surface area (Å²) < 4.78 is 18.5. The van der Waals surface area contributed by atoms with Crippen LogP contribution in [-0.4, -0.2) is 18.4 Å². The van der Waals surface area contributed by atoms with E-state index in [1.54, 1.807) is 25.4 Å². The minimum atomic E-state index is -0.251. The highest BCUT2D eigenvalue weighted by Crippen LogP contribution is 2.14. The number of benzene rings is 2. The number of hydrazine groups is 1. The van der Waals surface area contributed by atoms with E-state index in [4.69, 9.17) is 17.0 Å². The number of hydrazone groups is 1. The first-order valence-corrected chi connectivity index (χ1v) is 7.12. The van der Waals surface area contributed by atoms with Gasteiger partial charge in [-0.3, -0.25) is 0 Å². The van der Waals surface area contributed by atoms with E-state index in [-0.39, 0.29) is 5.82 Å². The molecular weight excluding hydrogens is 301 g/mol. The average molecular weight is 318 g/mol. The number of nitrogens with one attached hydrogen (secondary N) is 3. The van der Waals surface area contributed by atoms with Gasteiger partial charge in [0.1, 0.15) is 18.2 Å². The first-order valence-electron chi connectivity index (χ1n) is 6.71. The number of hydrogen-bond acceptors (Lipinski definition) is 2. The Labute approximate surface area is 134 Å². The zero-order valence-corrected chi connectivity index (χ0v) is 12.9. The number of ether oxygens (including phenoxy) is 1. The predicted molar refractivity (Wildman–Crippen MR) is 88.1 cm³/mol. The van der Waals surface area contributed by atoms with Gasteiger partial charge in [-0.2, -0.15) is 0 Å². The van der Waals surface area contributed by atoms with Gasteiger partial charge >= 0.3 is 0 Å². The smallest absolute Gasteiger partial charge is 0.223 e.